The number of fused-ring (bicyclic) bond motifs is 3. The Kier molecular flexibility index (Phi) is 19.4. The van der Waals surface area contributed by atoms with Crippen molar-refractivity contribution in [2.45, 2.75) is 106 Å². The summed E-state index contributed by atoms with van der Waals surface area (Å²) >= 11 is 0. The Morgan fingerprint density at radius 2 is 1.11 bits per heavy atom. The Morgan fingerprint density at radius 3 is 1.64 bits per heavy atom. The Morgan fingerprint density at radius 1 is 0.645 bits per heavy atom. The molecule has 11 rings (SSSR count). The van der Waals surface area contributed by atoms with Crippen LogP contribution >= 0.6 is 0 Å². The molecule has 18 heteroatoms. The normalized spacial score (nSPS) is 15.8. The topological polar surface area (TPSA) is 176 Å². The summed E-state index contributed by atoms with van der Waals surface area (Å²) in [7, 11) is -0.318. The summed E-state index contributed by atoms with van der Waals surface area (Å²) in [5.41, 5.74) is 14.3. The minimum absolute atomic E-state index is 0. The molecule has 0 saturated carbocycles. The van der Waals surface area contributed by atoms with Crippen LogP contribution in [0.5, 0.6) is 0 Å². The number of anilines is 1. The van der Waals surface area contributed by atoms with E-state index >= 15 is 0 Å². The number of carbonyl (C=O) groups excluding carboxylic acids is 2. The molecule has 2 aliphatic heterocycles. The fraction of sp³-hybridized carbons (Fsp3) is 0.310. The van der Waals surface area contributed by atoms with Crippen LogP contribution in [0.3, 0.4) is 0 Å². The summed E-state index contributed by atoms with van der Waals surface area (Å²) in [5.74, 6) is 0.754. The molecule has 1 fully saturated rings. The maximum absolute atomic E-state index is 11.8. The second-order valence-corrected chi connectivity index (χ2v) is 19.7. The number of aromatic amines is 2. The first-order valence-corrected chi connectivity index (χ1v) is 25.0. The van der Waals surface area contributed by atoms with Gasteiger partial charge in [-0.3, -0.25) is 9.97 Å². The third kappa shape index (κ3) is 12.2. The van der Waals surface area contributed by atoms with Crippen LogP contribution in [0.25, 0.3) is 56.0 Å². The molecular weight excluding hydrogens is 1100 g/mol. The van der Waals surface area contributed by atoms with Crippen molar-refractivity contribution < 1.29 is 145 Å². The van der Waals surface area contributed by atoms with Crippen LogP contribution in [0.2, 0.25) is 0 Å². The number of hydrogen-bond donors (Lipinski definition) is 3. The van der Waals surface area contributed by atoms with E-state index in [0.29, 0.717) is 36.8 Å². The van der Waals surface area contributed by atoms with E-state index < -0.39 is 11.9 Å². The molecule has 2 atom stereocenters. The van der Waals surface area contributed by atoms with Crippen LogP contribution in [0.15, 0.2) is 103 Å². The van der Waals surface area contributed by atoms with Crippen molar-refractivity contribution in [2.75, 3.05) is 18.5 Å². The minimum Gasteiger partial charge on any atom is -0.505 e. The maximum atomic E-state index is 11.8. The molecular formula is C58H62BN9O6Rb2. The number of pyridine rings is 2. The van der Waals surface area contributed by atoms with E-state index in [1.807, 2.05) is 48.5 Å². The van der Waals surface area contributed by atoms with Crippen LogP contribution in [-0.4, -0.2) is 89.0 Å². The summed E-state index contributed by atoms with van der Waals surface area (Å²) in [4.78, 5) is 40.0. The maximum Gasteiger partial charge on any atom is 1.00 e. The third-order valence-electron chi connectivity index (χ3n) is 14.4. The molecule has 380 valence electrons. The van der Waals surface area contributed by atoms with Gasteiger partial charge in [-0.05, 0) is 141 Å². The number of benzene rings is 3. The molecule has 0 aliphatic carbocycles. The van der Waals surface area contributed by atoms with E-state index in [4.69, 9.17) is 28.8 Å². The van der Waals surface area contributed by atoms with Crippen molar-refractivity contribution in [2.24, 2.45) is 0 Å². The quantitative estimate of drug-likeness (QED) is 0.102. The molecule has 15 nitrogen and oxygen atoms in total. The fourth-order valence-electron chi connectivity index (χ4n) is 9.12. The van der Waals surface area contributed by atoms with Crippen molar-refractivity contribution in [3.05, 3.63) is 155 Å². The number of para-hydroxylation sites is 3. The standard InChI is InChI=1S/C21H21N4O2.C21H19N4O2.C16H22BNO2.2Rb/c2*1-4-27-21(26)15-11-22-25(12-15)19-10-6-9-18(24-19)17-8-5-7-16-13(2)14(3)23-20(16)17;1-10-11(2)18-14-12(10)8-7-9-13(14)17-19-15(3,4)16(5,6)20-17;;/h5-11,13-14,23H,4H2,1-3H3;5-11,23H,4H2,1-3H3;7-9,18H,1-6H3;;/q2*-1;;2*+1. The molecule has 1 saturated heterocycles. The van der Waals surface area contributed by atoms with Crippen LogP contribution in [0, 0.1) is 40.1 Å². The van der Waals surface area contributed by atoms with E-state index in [1.54, 1.807) is 13.8 Å². The first-order chi connectivity index (χ1) is 35.4. The second kappa shape index (κ2) is 24.9. The van der Waals surface area contributed by atoms with Gasteiger partial charge in [-0.15, -0.1) is 0 Å². The zero-order valence-electron chi connectivity index (χ0n) is 46.1. The van der Waals surface area contributed by atoms with E-state index in [2.05, 4.69) is 150 Å². The molecule has 0 spiro atoms. The van der Waals surface area contributed by atoms with Crippen molar-refractivity contribution in [3.63, 3.8) is 0 Å². The molecule has 3 aromatic carbocycles. The van der Waals surface area contributed by atoms with Crippen molar-refractivity contribution in [3.8, 4) is 34.2 Å². The van der Waals surface area contributed by atoms with E-state index in [-0.39, 0.29) is 146 Å². The van der Waals surface area contributed by atoms with Crippen LogP contribution in [-0.2, 0) is 18.8 Å². The van der Waals surface area contributed by atoms with E-state index in [9.17, 15) is 9.59 Å². The monoisotopic (exact) mass is 1160 g/mol. The van der Waals surface area contributed by atoms with Crippen LogP contribution < -0.4 is 127 Å². The number of H-pyrrole nitrogens is 2. The van der Waals surface area contributed by atoms with Crippen LogP contribution in [0.4, 0.5) is 5.69 Å². The minimum atomic E-state index is -0.443. The Bertz CT molecular complexity index is 3530. The largest absolute Gasteiger partial charge is 1.00 e. The summed E-state index contributed by atoms with van der Waals surface area (Å²) in [6.45, 7) is 25.3. The predicted octanol–water partition coefficient (Wildman–Crippen LogP) is 4.93. The number of ether oxygens (including phenoxy) is 2. The number of aryl methyl sites for hydroxylation is 4. The first kappa shape index (κ1) is 59.5. The van der Waals surface area contributed by atoms with Crippen molar-refractivity contribution in [1.82, 2.24) is 39.5 Å². The molecule has 76 heavy (non-hydrogen) atoms. The number of aromatic nitrogens is 8. The smallest absolute Gasteiger partial charge is 0.505 e. The predicted molar refractivity (Wildman–Crippen MR) is 289 cm³/mol. The average Bonchev–Trinajstić information content (AvgIpc) is 4.26. The van der Waals surface area contributed by atoms with Gasteiger partial charge in [0.1, 0.15) is 0 Å². The summed E-state index contributed by atoms with van der Waals surface area (Å²) in [6.07, 6.45) is 8.69. The zero-order chi connectivity index (χ0) is 52.6. The Hall–Kier alpha value is -4.20. The molecule has 6 aromatic heterocycles. The van der Waals surface area contributed by atoms with Gasteiger partial charge in [0.2, 0.25) is 0 Å². The average molecular weight is 1160 g/mol. The molecule has 2 aliphatic rings. The van der Waals surface area contributed by atoms with Crippen molar-refractivity contribution in [1.29, 1.82) is 0 Å². The van der Waals surface area contributed by atoms with Gasteiger partial charge in [0.25, 0.3) is 11.9 Å². The van der Waals surface area contributed by atoms with Gasteiger partial charge in [0.15, 0.2) is 0 Å². The molecule has 0 bridgehead atoms. The fourth-order valence-corrected chi connectivity index (χ4v) is 9.12. The van der Waals surface area contributed by atoms with Gasteiger partial charge < -0.3 is 53.0 Å². The summed E-state index contributed by atoms with van der Waals surface area (Å²) in [6, 6.07) is 30.6. The summed E-state index contributed by atoms with van der Waals surface area (Å²) < 4.78 is 25.2. The summed E-state index contributed by atoms with van der Waals surface area (Å²) in [5, 5.41) is 14.4. The molecule has 8 heterocycles. The van der Waals surface area contributed by atoms with Gasteiger partial charge in [-0.2, -0.15) is 0 Å². The molecule has 0 amide bonds. The number of nitrogens with one attached hydrogen (secondary N) is 3. The third-order valence-corrected chi connectivity index (χ3v) is 14.4. The number of esters is 2. The van der Waals surface area contributed by atoms with Gasteiger partial charge in [-0.25, -0.2) is 10.2 Å². The molecule has 2 unspecified atom stereocenters. The van der Waals surface area contributed by atoms with Gasteiger partial charge >= 0.3 is 123 Å². The van der Waals surface area contributed by atoms with Crippen LogP contribution in [0.1, 0.15) is 110 Å². The van der Waals surface area contributed by atoms with E-state index in [1.165, 1.54) is 54.9 Å². The number of nitrogens with zero attached hydrogens (tertiary/aromatic N) is 6. The Balaban J connectivity index is 0.000000166. The molecule has 3 N–H and O–H groups in total. The van der Waals surface area contributed by atoms with Gasteiger partial charge in [-0.1, -0.05) is 85.8 Å². The van der Waals surface area contributed by atoms with Crippen molar-refractivity contribution >= 4 is 52.0 Å². The first-order valence-electron chi connectivity index (χ1n) is 25.0. The zero-order valence-corrected chi connectivity index (χ0v) is 55.9. The van der Waals surface area contributed by atoms with Gasteiger partial charge in [0, 0.05) is 61.9 Å². The molecule has 0 radical (unpaired) electrons. The second-order valence-electron chi connectivity index (χ2n) is 19.7. The number of hydrogen-bond acceptors (Lipinski definition) is 11. The Labute approximate surface area is 542 Å². The SMILES string of the molecule is CCOC(=O)c1[c-]n(-c2cccc(-c3cccc4c(C)c(C)[nH]c34)n2)nc1.CCOC(=O)c1[c-]n(-c2cccc(-c3cccc4c3NC(C)C4C)n2)nc1.Cc1[nH]c2c(B3OC(C)(C)C(C)(C)O3)cccc2c1C.[Rb+].[Rb+]. The molecule has 9 aromatic rings. The van der Waals surface area contributed by atoms with E-state index in [0.717, 1.165) is 50.4 Å². The van der Waals surface area contributed by atoms with Gasteiger partial charge in [0.05, 0.1) is 53.0 Å². The number of carbonyl (C=O) groups is 2. The number of rotatable bonds is 9.